The Morgan fingerprint density at radius 2 is 1.67 bits per heavy atom. The van der Waals surface area contributed by atoms with Crippen LogP contribution in [0.1, 0.15) is 38.7 Å². The minimum Gasteiger partial charge on any atom is -0.436 e. The number of ether oxygens (including phenoxy) is 1. The van der Waals surface area contributed by atoms with E-state index in [-0.39, 0.29) is 11.2 Å². The van der Waals surface area contributed by atoms with E-state index in [9.17, 15) is 9.00 Å². The van der Waals surface area contributed by atoms with Gasteiger partial charge in [0.15, 0.2) is 5.75 Å². The van der Waals surface area contributed by atoms with Gasteiger partial charge in [-0.1, -0.05) is 30.1 Å². The Hall–Kier alpha value is -2.83. The van der Waals surface area contributed by atoms with Crippen molar-refractivity contribution in [3.8, 4) is 22.9 Å². The maximum atomic E-state index is 11.7. The molecular weight excluding hydrogens is 645 g/mol. The van der Waals surface area contributed by atoms with Crippen LogP contribution in [0, 0.1) is 5.92 Å². The highest BCUT2D eigenvalue weighted by Crippen LogP contribution is 2.31. The molecule has 2 saturated heterocycles. The van der Waals surface area contributed by atoms with Gasteiger partial charge in [-0.15, -0.1) is 0 Å². The molecule has 0 saturated carbocycles. The lowest BCUT2D eigenvalue weighted by molar-refractivity contribution is -0.119. The highest BCUT2D eigenvalue weighted by atomic mass is 35.5. The van der Waals surface area contributed by atoms with Crippen LogP contribution in [-0.2, 0) is 22.1 Å². The lowest BCUT2D eigenvalue weighted by atomic mass is 9.96. The molecule has 2 unspecified atom stereocenters. The summed E-state index contributed by atoms with van der Waals surface area (Å²) in [5.41, 5.74) is 2.58. The number of anilines is 1. The van der Waals surface area contributed by atoms with Crippen molar-refractivity contribution < 1.29 is 13.7 Å². The number of piperazine rings is 1. The van der Waals surface area contributed by atoms with Crippen molar-refractivity contribution in [2.45, 2.75) is 44.9 Å². The normalized spacial score (nSPS) is 17.9. The Bertz CT molecular complexity index is 1480. The van der Waals surface area contributed by atoms with E-state index in [1.807, 2.05) is 25.1 Å². The standard InChI is InChI=1S/C33H43Cl2N7O3S/c1-23(46(3)44)4-7-40-10-12-42(13-11-40)33-37-20-30(21-38-33)45-32-15-26(14-31(39-32)27-16-28(34)18-29(35)17-27)22-41-8-5-25(6-9-41)19-36-24(2)43/h14-18,20-21,23,25H,4-13,19,22H2,1-3H3,(H,36,43). The van der Waals surface area contributed by atoms with Crippen molar-refractivity contribution in [2.24, 2.45) is 5.92 Å². The molecule has 2 fully saturated rings. The molecule has 46 heavy (non-hydrogen) atoms. The minimum atomic E-state index is -0.785. The van der Waals surface area contributed by atoms with Crippen molar-refractivity contribution in [3.05, 3.63) is 58.3 Å². The first-order valence-electron chi connectivity index (χ1n) is 15.8. The largest absolute Gasteiger partial charge is 0.436 e. The van der Waals surface area contributed by atoms with Crippen LogP contribution in [0.15, 0.2) is 42.7 Å². The molecule has 4 heterocycles. The average Bonchev–Trinajstić information content (AvgIpc) is 3.03. The van der Waals surface area contributed by atoms with E-state index in [4.69, 9.17) is 32.9 Å². The van der Waals surface area contributed by atoms with Gasteiger partial charge in [-0.25, -0.2) is 15.0 Å². The lowest BCUT2D eigenvalue weighted by Gasteiger charge is -2.35. The Morgan fingerprint density at radius 3 is 2.30 bits per heavy atom. The van der Waals surface area contributed by atoms with E-state index in [1.54, 1.807) is 31.6 Å². The van der Waals surface area contributed by atoms with Crippen molar-refractivity contribution >= 4 is 45.9 Å². The molecule has 10 nitrogen and oxygen atoms in total. The van der Waals surface area contributed by atoms with Gasteiger partial charge in [-0.05, 0) is 74.6 Å². The first-order chi connectivity index (χ1) is 22.1. The van der Waals surface area contributed by atoms with E-state index in [0.29, 0.717) is 39.2 Å². The second-order valence-electron chi connectivity index (χ2n) is 12.3. The fourth-order valence-corrected chi connectivity index (χ4v) is 6.76. The number of piperidine rings is 1. The minimum absolute atomic E-state index is 0.0208. The third kappa shape index (κ3) is 10.1. The van der Waals surface area contributed by atoms with Gasteiger partial charge < -0.3 is 15.0 Å². The number of carbonyl (C=O) groups excluding carboxylic acids is 1. The summed E-state index contributed by atoms with van der Waals surface area (Å²) in [6.07, 6.45) is 8.16. The van der Waals surface area contributed by atoms with Gasteiger partial charge >= 0.3 is 0 Å². The molecule has 1 N–H and O–H groups in total. The third-order valence-corrected chi connectivity index (χ3v) is 10.5. The number of likely N-dealkylation sites (tertiary alicyclic amines) is 1. The van der Waals surface area contributed by atoms with Gasteiger partial charge in [0.2, 0.25) is 17.7 Å². The maximum absolute atomic E-state index is 11.7. The topological polar surface area (TPSA) is 104 Å². The number of carbonyl (C=O) groups is 1. The Balaban J connectivity index is 1.24. The Kier molecular flexibility index (Phi) is 12.2. The molecule has 1 amide bonds. The number of hydrogen-bond acceptors (Lipinski definition) is 9. The van der Waals surface area contributed by atoms with Crippen LogP contribution < -0.4 is 15.0 Å². The first-order valence-corrected chi connectivity index (χ1v) is 18.2. The summed E-state index contributed by atoms with van der Waals surface area (Å²) in [6, 6.07) is 9.41. The van der Waals surface area contributed by atoms with Crippen molar-refractivity contribution in [2.75, 3.05) is 63.5 Å². The molecule has 1 aromatic carbocycles. The quantitative estimate of drug-likeness (QED) is 0.273. The molecule has 0 bridgehead atoms. The number of benzene rings is 1. The fourth-order valence-electron chi connectivity index (χ4n) is 5.80. The van der Waals surface area contributed by atoms with E-state index in [2.05, 4.69) is 36.1 Å². The number of halogens is 2. The van der Waals surface area contributed by atoms with Crippen molar-refractivity contribution in [1.82, 2.24) is 30.1 Å². The molecule has 0 aliphatic carbocycles. The lowest BCUT2D eigenvalue weighted by Crippen LogP contribution is -2.47. The van der Waals surface area contributed by atoms with Crippen molar-refractivity contribution in [3.63, 3.8) is 0 Å². The number of hydrogen-bond donors (Lipinski definition) is 1. The predicted molar refractivity (Wildman–Crippen MR) is 185 cm³/mol. The second kappa shape index (κ2) is 16.3. The third-order valence-electron chi connectivity index (χ3n) is 8.68. The molecule has 0 spiro atoms. The van der Waals surface area contributed by atoms with Gasteiger partial charge in [-0.3, -0.25) is 18.8 Å². The van der Waals surface area contributed by atoms with E-state index in [0.717, 1.165) is 89.3 Å². The van der Waals surface area contributed by atoms with Crippen LogP contribution in [0.4, 0.5) is 5.95 Å². The predicted octanol–water partition coefficient (Wildman–Crippen LogP) is 5.26. The second-order valence-corrected chi connectivity index (χ2v) is 14.9. The van der Waals surface area contributed by atoms with Crippen LogP contribution in [-0.4, -0.2) is 98.7 Å². The van der Waals surface area contributed by atoms with E-state index >= 15 is 0 Å². The summed E-state index contributed by atoms with van der Waals surface area (Å²) >= 11 is 12.7. The Morgan fingerprint density at radius 1 is 1.00 bits per heavy atom. The van der Waals surface area contributed by atoms with Crippen molar-refractivity contribution in [1.29, 1.82) is 0 Å². The molecule has 2 aliphatic rings. The summed E-state index contributed by atoms with van der Waals surface area (Å²) in [5, 5.41) is 4.24. The number of pyridine rings is 1. The monoisotopic (exact) mass is 687 g/mol. The van der Waals surface area contributed by atoms with Gasteiger partial charge in [0.05, 0.1) is 18.1 Å². The number of nitrogens with one attached hydrogen (secondary N) is 1. The summed E-state index contributed by atoms with van der Waals surface area (Å²) in [4.78, 5) is 32.3. The zero-order chi connectivity index (χ0) is 32.6. The van der Waals surface area contributed by atoms with Gasteiger partial charge in [-0.2, -0.15) is 0 Å². The average molecular weight is 689 g/mol. The maximum Gasteiger partial charge on any atom is 0.225 e. The van der Waals surface area contributed by atoms with Crippen LogP contribution in [0.25, 0.3) is 11.3 Å². The molecule has 5 rings (SSSR count). The SMILES string of the molecule is CC(=O)NCC1CCN(Cc2cc(Oc3cnc(N4CCN(CCC(C)S(C)=O)CC4)nc3)nc(-c3cc(Cl)cc(Cl)c3)c2)CC1. The zero-order valence-corrected chi connectivity index (χ0v) is 29.1. The van der Waals surface area contributed by atoms with Gasteiger partial charge in [0.25, 0.3) is 0 Å². The number of rotatable bonds is 12. The number of amides is 1. The van der Waals surface area contributed by atoms with Gasteiger partial charge in [0.1, 0.15) is 0 Å². The highest BCUT2D eigenvalue weighted by molar-refractivity contribution is 7.84. The molecule has 2 aliphatic heterocycles. The van der Waals surface area contributed by atoms with Gasteiger partial charge in [0, 0.05) is 90.2 Å². The summed E-state index contributed by atoms with van der Waals surface area (Å²) in [5.74, 6) is 2.13. The van der Waals surface area contributed by atoms with Crippen LogP contribution in [0.3, 0.4) is 0 Å². The van der Waals surface area contributed by atoms with Crippen LogP contribution >= 0.6 is 23.2 Å². The molecule has 248 valence electrons. The van der Waals surface area contributed by atoms with Crippen LogP contribution in [0.5, 0.6) is 11.6 Å². The Labute approximate surface area is 284 Å². The molecule has 3 aromatic rings. The number of nitrogens with zero attached hydrogens (tertiary/aromatic N) is 6. The first kappa shape index (κ1) is 34.5. The smallest absolute Gasteiger partial charge is 0.225 e. The molecule has 0 radical (unpaired) electrons. The summed E-state index contributed by atoms with van der Waals surface area (Å²) in [7, 11) is -0.785. The molecule has 13 heteroatoms. The summed E-state index contributed by atoms with van der Waals surface area (Å²) in [6.45, 7) is 11.4. The fraction of sp³-hybridized carbons (Fsp3) is 0.515. The number of aromatic nitrogens is 3. The van der Waals surface area contributed by atoms with Crippen LogP contribution in [0.2, 0.25) is 10.0 Å². The summed E-state index contributed by atoms with van der Waals surface area (Å²) < 4.78 is 17.9. The van der Waals surface area contributed by atoms with E-state index in [1.165, 1.54) is 0 Å². The molecule has 2 aromatic heterocycles. The zero-order valence-electron chi connectivity index (χ0n) is 26.8. The highest BCUT2D eigenvalue weighted by Gasteiger charge is 2.22. The molecule has 2 atom stereocenters. The molecular formula is C33H43Cl2N7O3S. The van der Waals surface area contributed by atoms with E-state index < -0.39 is 10.8 Å².